The molecule has 22 heavy (non-hydrogen) atoms. The highest BCUT2D eigenvalue weighted by Crippen LogP contribution is 2.17. The molecular formula is C16H26ClN3O2. The highest BCUT2D eigenvalue weighted by atomic mass is 35.5. The number of nitrogens with two attached hydrogens (primary N) is 1. The van der Waals surface area contributed by atoms with Crippen LogP contribution in [0.5, 0.6) is 0 Å². The first-order valence-corrected chi connectivity index (χ1v) is 7.10. The lowest BCUT2D eigenvalue weighted by molar-refractivity contribution is -0.126. The van der Waals surface area contributed by atoms with Crippen LogP contribution < -0.4 is 16.0 Å². The number of amides is 2. The average Bonchev–Trinajstić information content (AvgIpc) is 2.41. The van der Waals surface area contributed by atoms with Crippen LogP contribution in [0.3, 0.4) is 0 Å². The zero-order valence-corrected chi connectivity index (χ0v) is 14.7. The molecule has 1 rings (SSSR count). The Balaban J connectivity index is 0.00000441. The maximum atomic E-state index is 12.1. The average molecular weight is 328 g/mol. The molecule has 0 bridgehead atoms. The number of halogens is 1. The number of hydrogen-bond donors (Lipinski definition) is 2. The summed E-state index contributed by atoms with van der Waals surface area (Å²) < 4.78 is 0. The van der Waals surface area contributed by atoms with Gasteiger partial charge in [0.1, 0.15) is 0 Å². The SMILES string of the molecule is Cc1cc(C)cc(N(C)C(=O)CNC(=O)[C@@H](N)C(C)C)c1.Cl. The van der Waals surface area contributed by atoms with E-state index >= 15 is 0 Å². The zero-order valence-electron chi connectivity index (χ0n) is 13.8. The molecule has 0 spiro atoms. The summed E-state index contributed by atoms with van der Waals surface area (Å²) in [5.41, 5.74) is 8.74. The standard InChI is InChI=1S/C16H25N3O2.ClH/c1-10(2)15(17)16(21)18-9-14(20)19(5)13-7-11(3)6-12(4)8-13;/h6-8,10,15H,9,17H2,1-5H3,(H,18,21);1H/t15-;/m0./s1. The number of likely N-dealkylation sites (N-methyl/N-ethyl adjacent to an activating group) is 1. The second kappa shape index (κ2) is 8.76. The Labute approximate surface area is 138 Å². The number of anilines is 1. The number of carbonyl (C=O) groups is 2. The van der Waals surface area contributed by atoms with Gasteiger partial charge < -0.3 is 16.0 Å². The lowest BCUT2D eigenvalue weighted by atomic mass is 10.1. The van der Waals surface area contributed by atoms with Gasteiger partial charge in [-0.2, -0.15) is 0 Å². The number of rotatable bonds is 5. The van der Waals surface area contributed by atoms with Crippen molar-refractivity contribution >= 4 is 29.9 Å². The second-order valence-electron chi connectivity index (χ2n) is 5.79. The van der Waals surface area contributed by atoms with Crippen molar-refractivity contribution in [1.82, 2.24) is 5.32 Å². The highest BCUT2D eigenvalue weighted by Gasteiger charge is 2.19. The van der Waals surface area contributed by atoms with Gasteiger partial charge in [-0.25, -0.2) is 0 Å². The maximum Gasteiger partial charge on any atom is 0.246 e. The fourth-order valence-electron chi connectivity index (χ4n) is 1.99. The van der Waals surface area contributed by atoms with E-state index in [-0.39, 0.29) is 36.7 Å². The van der Waals surface area contributed by atoms with Crippen molar-refractivity contribution in [3.63, 3.8) is 0 Å². The topological polar surface area (TPSA) is 75.4 Å². The molecule has 0 heterocycles. The second-order valence-corrected chi connectivity index (χ2v) is 5.79. The van der Waals surface area contributed by atoms with Gasteiger partial charge in [-0.15, -0.1) is 12.4 Å². The molecule has 124 valence electrons. The predicted octanol–water partition coefficient (Wildman–Crippen LogP) is 1.79. The van der Waals surface area contributed by atoms with E-state index in [4.69, 9.17) is 5.73 Å². The van der Waals surface area contributed by atoms with Gasteiger partial charge in [-0.3, -0.25) is 9.59 Å². The van der Waals surface area contributed by atoms with Crippen LogP contribution in [-0.2, 0) is 9.59 Å². The highest BCUT2D eigenvalue weighted by molar-refractivity contribution is 5.97. The summed E-state index contributed by atoms with van der Waals surface area (Å²) in [6.07, 6.45) is 0. The van der Waals surface area contributed by atoms with E-state index < -0.39 is 6.04 Å². The van der Waals surface area contributed by atoms with Gasteiger partial charge >= 0.3 is 0 Å². The van der Waals surface area contributed by atoms with Crippen molar-refractivity contribution in [2.45, 2.75) is 33.7 Å². The third-order valence-electron chi connectivity index (χ3n) is 3.40. The largest absolute Gasteiger partial charge is 0.346 e. The molecule has 0 saturated carbocycles. The van der Waals surface area contributed by atoms with Crippen LogP contribution in [0.15, 0.2) is 18.2 Å². The summed E-state index contributed by atoms with van der Waals surface area (Å²) in [6, 6.07) is 5.33. The third kappa shape index (κ3) is 5.66. The smallest absolute Gasteiger partial charge is 0.246 e. The van der Waals surface area contributed by atoms with Crippen molar-refractivity contribution in [1.29, 1.82) is 0 Å². The Kier molecular flexibility index (Phi) is 8.12. The molecule has 1 aromatic rings. The van der Waals surface area contributed by atoms with E-state index in [9.17, 15) is 9.59 Å². The summed E-state index contributed by atoms with van der Waals surface area (Å²) in [5.74, 6) is -0.436. The van der Waals surface area contributed by atoms with Gasteiger partial charge in [0.15, 0.2) is 0 Å². The summed E-state index contributed by atoms with van der Waals surface area (Å²) in [5, 5.41) is 2.59. The molecule has 6 heteroatoms. The molecule has 0 unspecified atom stereocenters. The Morgan fingerprint density at radius 2 is 1.68 bits per heavy atom. The zero-order chi connectivity index (χ0) is 16.2. The van der Waals surface area contributed by atoms with Gasteiger partial charge in [0, 0.05) is 12.7 Å². The molecule has 0 fully saturated rings. The molecule has 0 radical (unpaired) electrons. The number of carbonyl (C=O) groups excluding carboxylic acids is 2. The minimum atomic E-state index is -0.593. The monoisotopic (exact) mass is 327 g/mol. The fraction of sp³-hybridized carbons (Fsp3) is 0.500. The van der Waals surface area contributed by atoms with E-state index in [1.165, 1.54) is 0 Å². The van der Waals surface area contributed by atoms with Crippen molar-refractivity contribution in [3.8, 4) is 0 Å². The summed E-state index contributed by atoms with van der Waals surface area (Å²) in [7, 11) is 1.70. The van der Waals surface area contributed by atoms with E-state index in [0.717, 1.165) is 16.8 Å². The third-order valence-corrected chi connectivity index (χ3v) is 3.40. The van der Waals surface area contributed by atoms with Gasteiger partial charge in [0.05, 0.1) is 12.6 Å². The van der Waals surface area contributed by atoms with Crippen molar-refractivity contribution in [3.05, 3.63) is 29.3 Å². The van der Waals surface area contributed by atoms with E-state index in [1.54, 1.807) is 11.9 Å². The Hall–Kier alpha value is -1.59. The lowest BCUT2D eigenvalue weighted by Crippen LogP contribution is -2.47. The maximum absolute atomic E-state index is 12.1. The molecule has 3 N–H and O–H groups in total. The van der Waals surface area contributed by atoms with Gasteiger partial charge in [-0.05, 0) is 43.0 Å². The van der Waals surface area contributed by atoms with Crippen LogP contribution in [0.1, 0.15) is 25.0 Å². The van der Waals surface area contributed by atoms with Crippen LogP contribution in [0.4, 0.5) is 5.69 Å². The van der Waals surface area contributed by atoms with Gasteiger partial charge in [-0.1, -0.05) is 19.9 Å². The van der Waals surface area contributed by atoms with Gasteiger partial charge in [0.2, 0.25) is 11.8 Å². The van der Waals surface area contributed by atoms with Crippen molar-refractivity contribution in [2.24, 2.45) is 11.7 Å². The molecule has 1 atom stereocenters. The lowest BCUT2D eigenvalue weighted by Gasteiger charge is -2.20. The van der Waals surface area contributed by atoms with Crippen molar-refractivity contribution < 1.29 is 9.59 Å². The van der Waals surface area contributed by atoms with Crippen molar-refractivity contribution in [2.75, 3.05) is 18.5 Å². The summed E-state index contributed by atoms with van der Waals surface area (Å²) in [4.78, 5) is 25.4. The molecule has 0 aliphatic carbocycles. The first-order chi connectivity index (χ1) is 9.72. The molecule has 5 nitrogen and oxygen atoms in total. The van der Waals surface area contributed by atoms with E-state index in [0.29, 0.717) is 0 Å². The number of nitrogens with one attached hydrogen (secondary N) is 1. The minimum Gasteiger partial charge on any atom is -0.346 e. The Morgan fingerprint density at radius 1 is 1.18 bits per heavy atom. The molecule has 2 amide bonds. The van der Waals surface area contributed by atoms with E-state index in [2.05, 4.69) is 5.32 Å². The minimum absolute atomic E-state index is 0. The van der Waals surface area contributed by atoms with Crippen LogP contribution in [0.25, 0.3) is 0 Å². The number of aryl methyl sites for hydroxylation is 2. The van der Waals surface area contributed by atoms with Gasteiger partial charge in [0.25, 0.3) is 0 Å². The molecule has 1 aromatic carbocycles. The summed E-state index contributed by atoms with van der Waals surface area (Å²) in [6.45, 7) is 7.65. The molecular weight excluding hydrogens is 302 g/mol. The molecule has 0 aliphatic heterocycles. The van der Waals surface area contributed by atoms with Crippen LogP contribution >= 0.6 is 12.4 Å². The normalized spacial score (nSPS) is 11.6. The van der Waals surface area contributed by atoms with Crippen LogP contribution in [0.2, 0.25) is 0 Å². The molecule has 0 saturated heterocycles. The first kappa shape index (κ1) is 20.4. The fourth-order valence-corrected chi connectivity index (χ4v) is 1.99. The predicted molar refractivity (Wildman–Crippen MR) is 92.4 cm³/mol. The van der Waals surface area contributed by atoms with Crippen LogP contribution in [0, 0.1) is 19.8 Å². The quantitative estimate of drug-likeness (QED) is 0.865. The Bertz CT molecular complexity index is 512. The Morgan fingerprint density at radius 3 is 2.14 bits per heavy atom. The molecule has 0 aliphatic rings. The van der Waals surface area contributed by atoms with Crippen LogP contribution in [-0.4, -0.2) is 31.4 Å². The first-order valence-electron chi connectivity index (χ1n) is 7.10. The summed E-state index contributed by atoms with van der Waals surface area (Å²) >= 11 is 0. The molecule has 0 aromatic heterocycles. The number of hydrogen-bond acceptors (Lipinski definition) is 3. The van der Waals surface area contributed by atoms with E-state index in [1.807, 2.05) is 45.9 Å². The number of nitrogens with zero attached hydrogens (tertiary/aromatic N) is 1. The number of benzene rings is 1.